The van der Waals surface area contributed by atoms with Crippen LogP contribution in [0.1, 0.15) is 105 Å². The summed E-state index contributed by atoms with van der Waals surface area (Å²) < 4.78 is 0. The summed E-state index contributed by atoms with van der Waals surface area (Å²) >= 11 is 0. The quantitative estimate of drug-likeness (QED) is 0.150. The van der Waals surface area contributed by atoms with Crippen molar-refractivity contribution in [1.82, 2.24) is 9.80 Å². The molecule has 8 rings (SSSR count). The summed E-state index contributed by atoms with van der Waals surface area (Å²) in [6, 6.07) is 0. The van der Waals surface area contributed by atoms with Gasteiger partial charge in [-0.2, -0.15) is 0 Å². The van der Waals surface area contributed by atoms with Crippen LogP contribution < -0.4 is 0 Å². The highest BCUT2D eigenvalue weighted by Crippen LogP contribution is 2.69. The van der Waals surface area contributed by atoms with Crippen LogP contribution in [0, 0.1) is 57.2 Å². The van der Waals surface area contributed by atoms with E-state index in [-0.39, 0.29) is 85.5 Å². The van der Waals surface area contributed by atoms with E-state index in [1.54, 1.807) is 24.1 Å². The normalized spacial score (nSPS) is 47.5. The Kier molecular flexibility index (Phi) is 13.2. The van der Waals surface area contributed by atoms with E-state index in [1.807, 2.05) is 32.7 Å². The molecule has 14 heteroatoms. The van der Waals surface area contributed by atoms with E-state index in [2.05, 4.69) is 6.92 Å². The van der Waals surface area contributed by atoms with Gasteiger partial charge in [-0.1, -0.05) is 27.7 Å². The van der Waals surface area contributed by atoms with Gasteiger partial charge in [-0.05, 0) is 143 Å². The first-order valence-electron chi connectivity index (χ1n) is 23.4. The fourth-order valence-corrected chi connectivity index (χ4v) is 15.2. The first-order chi connectivity index (χ1) is 29.0. The van der Waals surface area contributed by atoms with Crippen molar-refractivity contribution in [3.05, 3.63) is 23.3 Å². The Morgan fingerprint density at radius 2 is 1.11 bits per heavy atom. The summed E-state index contributed by atoms with van der Waals surface area (Å²) in [6.45, 7) is 9.72. The molecule has 3 unspecified atom stereocenters. The highest BCUT2D eigenvalue weighted by Gasteiger charge is 2.69. The number of allylic oxidation sites excluding steroid dienone is 2. The molecule has 0 spiro atoms. The lowest BCUT2D eigenvalue weighted by Crippen LogP contribution is -2.61. The zero-order chi connectivity index (χ0) is 45.5. The summed E-state index contributed by atoms with van der Waals surface area (Å²) in [5, 5.41) is 94.6. The smallest absolute Gasteiger partial charge is 0.159 e. The number of ketones is 3. The lowest BCUT2D eigenvalue weighted by Gasteiger charge is -2.60. The van der Waals surface area contributed by atoms with Crippen molar-refractivity contribution < 1.29 is 60.3 Å². The lowest BCUT2D eigenvalue weighted by molar-refractivity contribution is -0.155. The summed E-state index contributed by atoms with van der Waals surface area (Å²) in [5.74, 6) is -1.17. The van der Waals surface area contributed by atoms with Crippen LogP contribution in [0.4, 0.5) is 0 Å². The Morgan fingerprint density at radius 3 is 1.61 bits per heavy atom. The maximum Gasteiger partial charge on any atom is 0.159 e. The van der Waals surface area contributed by atoms with Crippen molar-refractivity contribution in [1.29, 1.82) is 0 Å². The van der Waals surface area contributed by atoms with E-state index in [0.717, 1.165) is 30.4 Å². The maximum absolute atomic E-state index is 13.1. The van der Waals surface area contributed by atoms with Crippen molar-refractivity contribution in [2.45, 2.75) is 146 Å². The monoisotopic (exact) mass is 873 g/mol. The maximum atomic E-state index is 13.1. The number of hydrogen-bond donors (Lipinski definition) is 9. The molecule has 0 aliphatic heterocycles. The molecule has 62 heavy (non-hydrogen) atoms. The molecule has 14 nitrogen and oxygen atoms in total. The Bertz CT molecular complexity index is 1810. The van der Waals surface area contributed by atoms with Crippen molar-refractivity contribution in [3.63, 3.8) is 0 Å². The minimum atomic E-state index is -1.21. The molecule has 0 aromatic carbocycles. The average Bonchev–Trinajstić information content (AvgIpc) is 3.64. The zero-order valence-corrected chi connectivity index (χ0v) is 37.9. The largest absolute Gasteiger partial charge is 0.395 e. The molecule has 6 fully saturated rings. The molecular weight excluding hydrogens is 797 g/mol. The van der Waals surface area contributed by atoms with Crippen LogP contribution in [0.5, 0.6) is 0 Å². The first kappa shape index (κ1) is 48.0. The molecular formula is C48H76N2O12. The first-order valence-corrected chi connectivity index (χ1v) is 23.4. The van der Waals surface area contributed by atoms with Crippen LogP contribution in [0.25, 0.3) is 0 Å². The van der Waals surface area contributed by atoms with Gasteiger partial charge in [0.2, 0.25) is 0 Å². The lowest BCUT2D eigenvalue weighted by atomic mass is 9.46. The second-order valence-corrected chi connectivity index (χ2v) is 22.2. The van der Waals surface area contributed by atoms with Gasteiger partial charge in [0, 0.05) is 48.2 Å². The van der Waals surface area contributed by atoms with E-state index in [1.165, 1.54) is 0 Å². The molecule has 8 aliphatic rings. The van der Waals surface area contributed by atoms with Gasteiger partial charge in [0.25, 0.3) is 0 Å². The summed E-state index contributed by atoms with van der Waals surface area (Å²) in [4.78, 5) is 43.1. The van der Waals surface area contributed by atoms with E-state index >= 15 is 0 Å². The molecule has 0 aromatic heterocycles. The third kappa shape index (κ3) is 7.38. The number of nitrogens with zero attached hydrogens (tertiary/aromatic N) is 2. The predicted molar refractivity (Wildman–Crippen MR) is 229 cm³/mol. The van der Waals surface area contributed by atoms with Gasteiger partial charge in [-0.25, -0.2) is 0 Å². The Labute approximate surface area is 367 Å². The molecule has 17 atom stereocenters. The molecule has 0 heterocycles. The molecule has 0 aromatic rings. The number of likely N-dealkylation sites (N-methyl/N-ethyl adjacent to an activating group) is 2. The molecule has 9 N–H and O–H groups in total. The van der Waals surface area contributed by atoms with Crippen LogP contribution in [0.2, 0.25) is 0 Å². The molecule has 8 aliphatic carbocycles. The van der Waals surface area contributed by atoms with Crippen LogP contribution in [0.3, 0.4) is 0 Å². The van der Waals surface area contributed by atoms with E-state index < -0.39 is 63.4 Å². The number of rotatable bonds is 10. The van der Waals surface area contributed by atoms with Gasteiger partial charge in [-0.15, -0.1) is 0 Å². The average molecular weight is 873 g/mol. The van der Waals surface area contributed by atoms with Crippen LogP contribution in [-0.4, -0.2) is 168 Å². The Hall–Kier alpha value is -1.95. The molecule has 0 radical (unpaired) electrons. The van der Waals surface area contributed by atoms with Crippen molar-refractivity contribution in [3.8, 4) is 0 Å². The number of fused-ring (bicyclic) bond motifs is 10. The van der Waals surface area contributed by atoms with Gasteiger partial charge < -0.3 is 50.9 Å². The number of aliphatic hydroxyl groups excluding tert-OH is 7. The van der Waals surface area contributed by atoms with E-state index in [9.17, 15) is 50.1 Å². The van der Waals surface area contributed by atoms with Gasteiger partial charge in [0.15, 0.2) is 17.3 Å². The molecule has 350 valence electrons. The zero-order valence-electron chi connectivity index (χ0n) is 37.9. The number of carbonyl (C=O) groups is 3. The predicted octanol–water partition coefficient (Wildman–Crippen LogP) is 1.16. The highest BCUT2D eigenvalue weighted by molar-refractivity contribution is 5.96. The van der Waals surface area contributed by atoms with Gasteiger partial charge >= 0.3 is 0 Å². The van der Waals surface area contributed by atoms with Gasteiger partial charge in [-0.3, -0.25) is 19.3 Å². The van der Waals surface area contributed by atoms with Gasteiger partial charge in [0.05, 0.1) is 61.5 Å². The number of hydrogen-bond acceptors (Lipinski definition) is 14. The second-order valence-electron chi connectivity index (χ2n) is 22.2. The molecule has 0 amide bonds. The SMILES string of the molecule is CN(CCO)CC(=O)[C@H]1CC[C@@]2(O)C3=CC(=O)[C@@H]4C[C@@H](O)[C@@H](O)C[C@]4(C)C3CC[C@]12C.CN(CCO)CC(O)[C@H]1CC[C@@]2(O)C3=CC(=O)[C@@H]4C[C@@H](O)[C@@H](O)C[C@]4(C)C3CC[C@]12C. The van der Waals surface area contributed by atoms with Crippen LogP contribution in [0.15, 0.2) is 23.3 Å². The third-order valence-electron chi connectivity index (χ3n) is 19.0. The topological polar surface area (TPSA) is 240 Å². The summed E-state index contributed by atoms with van der Waals surface area (Å²) in [5.41, 5.74) is -2.99. The minimum absolute atomic E-state index is 0.00731. The van der Waals surface area contributed by atoms with E-state index in [0.29, 0.717) is 64.6 Å². The van der Waals surface area contributed by atoms with Crippen molar-refractivity contribution >= 4 is 17.3 Å². The Balaban J connectivity index is 0.000000186. The number of aliphatic hydroxyl groups is 9. The fraction of sp³-hybridized carbons (Fsp3) is 0.854. The Morgan fingerprint density at radius 1 is 0.661 bits per heavy atom. The molecule has 0 bridgehead atoms. The number of Topliss-reactive ketones (excluding diaryl/α,β-unsaturated/α-hetero) is 1. The van der Waals surface area contributed by atoms with Crippen LogP contribution in [-0.2, 0) is 14.4 Å². The summed E-state index contributed by atoms with van der Waals surface area (Å²) in [6.07, 6.45) is 5.57. The third-order valence-corrected chi connectivity index (χ3v) is 19.0. The van der Waals surface area contributed by atoms with E-state index in [4.69, 9.17) is 10.2 Å². The highest BCUT2D eigenvalue weighted by atomic mass is 16.3. The van der Waals surface area contributed by atoms with Crippen LogP contribution >= 0.6 is 0 Å². The molecule has 0 saturated heterocycles. The van der Waals surface area contributed by atoms with Gasteiger partial charge in [0.1, 0.15) is 0 Å². The second kappa shape index (κ2) is 17.0. The van der Waals surface area contributed by atoms with Crippen molar-refractivity contribution in [2.75, 3.05) is 53.5 Å². The standard InChI is InChI=1S/C24H39NO6.C24H37NO6/c2*1-22-12-20(29)19(28)11-17(22)18(27)10-16-14(22)4-6-23(2)15(5-7-24(16,23)31)21(30)13-25(3)8-9-26/h10,14-15,17,19-21,26,28-31H,4-9,11-13H2,1-3H3;10,14-15,17,19-20,26,28-29,31H,4-9,11-13H2,1-3H3/t14?,15-,17+,19-,20+,21?,22-,23-,24-;14?,15-,17+,19-,20+,22-,23-,24-/m11/s1. The summed E-state index contributed by atoms with van der Waals surface area (Å²) in [7, 11) is 3.67. The molecule has 6 saturated carbocycles. The fourth-order valence-electron chi connectivity index (χ4n) is 15.2. The minimum Gasteiger partial charge on any atom is -0.395 e. The number of carbonyl (C=O) groups excluding carboxylic acids is 3. The van der Waals surface area contributed by atoms with Crippen molar-refractivity contribution in [2.24, 2.45) is 57.2 Å².